The lowest BCUT2D eigenvalue weighted by Gasteiger charge is -2.26. The number of unbranched alkanes of at least 4 members (excludes halogenated alkanes) is 1. The Labute approximate surface area is 206 Å². The second kappa shape index (κ2) is 11.2. The van der Waals surface area contributed by atoms with Crippen LogP contribution in [0.4, 0.5) is 14.9 Å². The first kappa shape index (κ1) is 26.0. The Bertz CT molecular complexity index is 1050. The molecular weight excluding hydrogens is 455 g/mol. The number of benzene rings is 2. The number of ketones is 1. The summed E-state index contributed by atoms with van der Waals surface area (Å²) in [4.78, 5) is 26.5. The quantitative estimate of drug-likeness (QED) is 0.435. The van der Waals surface area contributed by atoms with Crippen LogP contribution in [0, 0.1) is 5.82 Å². The molecule has 1 heterocycles. The lowest BCUT2D eigenvalue weighted by molar-refractivity contribution is 0.0258. The standard InChI is InChI=1S/C27H34ClFN2O3/c1-5-6-7-24(32)21-10-8-18(16-23(21)29)17-30-25-20-13-15-31(26(33)34-27(2,3)4)14-12-19(20)9-11-22(25)28/h8-11,16,30H,5-7,12-15,17H2,1-4H3. The van der Waals surface area contributed by atoms with Gasteiger partial charge in [0.05, 0.1) is 16.3 Å². The van der Waals surface area contributed by atoms with Gasteiger partial charge in [0.25, 0.3) is 0 Å². The van der Waals surface area contributed by atoms with Gasteiger partial charge in [-0.3, -0.25) is 4.79 Å². The van der Waals surface area contributed by atoms with Crippen LogP contribution in [0.5, 0.6) is 0 Å². The average molecular weight is 489 g/mol. The van der Waals surface area contributed by atoms with Crippen LogP contribution in [-0.4, -0.2) is 35.5 Å². The second-order valence-corrected chi connectivity index (χ2v) is 10.1. The maximum atomic E-state index is 14.6. The molecule has 184 valence electrons. The summed E-state index contributed by atoms with van der Waals surface area (Å²) in [6.07, 6.45) is 3.03. The molecule has 2 aromatic carbocycles. The summed E-state index contributed by atoms with van der Waals surface area (Å²) in [5, 5.41) is 3.94. The Kier molecular flexibility index (Phi) is 8.58. The average Bonchev–Trinajstić information content (AvgIpc) is 2.98. The minimum Gasteiger partial charge on any atom is -0.444 e. The number of carbonyl (C=O) groups is 2. The molecule has 0 saturated heterocycles. The Hall–Kier alpha value is -2.60. The summed E-state index contributed by atoms with van der Waals surface area (Å²) in [6.45, 7) is 9.04. The van der Waals surface area contributed by atoms with E-state index >= 15 is 0 Å². The van der Waals surface area contributed by atoms with E-state index in [1.165, 1.54) is 6.07 Å². The molecule has 1 aliphatic heterocycles. The topological polar surface area (TPSA) is 58.6 Å². The first-order chi connectivity index (χ1) is 16.1. The highest BCUT2D eigenvalue weighted by molar-refractivity contribution is 6.33. The summed E-state index contributed by atoms with van der Waals surface area (Å²) in [5.41, 5.74) is 3.31. The summed E-state index contributed by atoms with van der Waals surface area (Å²) < 4.78 is 20.1. The highest BCUT2D eigenvalue weighted by Crippen LogP contribution is 2.32. The van der Waals surface area contributed by atoms with E-state index in [0.717, 1.165) is 35.2 Å². The number of fused-ring (bicyclic) bond motifs is 1. The van der Waals surface area contributed by atoms with Gasteiger partial charge in [-0.15, -0.1) is 0 Å². The molecule has 5 nitrogen and oxygen atoms in total. The van der Waals surface area contributed by atoms with E-state index in [1.807, 2.05) is 39.8 Å². The van der Waals surface area contributed by atoms with Crippen LogP contribution in [0.3, 0.4) is 0 Å². The van der Waals surface area contributed by atoms with Crippen molar-refractivity contribution in [2.24, 2.45) is 0 Å². The van der Waals surface area contributed by atoms with E-state index in [1.54, 1.807) is 17.0 Å². The van der Waals surface area contributed by atoms with Crippen molar-refractivity contribution in [3.63, 3.8) is 0 Å². The normalized spacial score (nSPS) is 13.8. The summed E-state index contributed by atoms with van der Waals surface area (Å²) in [7, 11) is 0. The van der Waals surface area contributed by atoms with Gasteiger partial charge in [-0.1, -0.05) is 37.1 Å². The van der Waals surface area contributed by atoms with Crippen LogP contribution in [-0.2, 0) is 24.1 Å². The van der Waals surface area contributed by atoms with E-state index in [-0.39, 0.29) is 17.4 Å². The van der Waals surface area contributed by atoms with Crippen LogP contribution >= 0.6 is 11.6 Å². The minimum atomic E-state index is -0.544. The number of amides is 1. The zero-order valence-electron chi connectivity index (χ0n) is 20.5. The van der Waals surface area contributed by atoms with Gasteiger partial charge in [-0.2, -0.15) is 0 Å². The van der Waals surface area contributed by atoms with Crippen LogP contribution in [0.2, 0.25) is 5.02 Å². The van der Waals surface area contributed by atoms with Crippen molar-refractivity contribution in [2.45, 2.75) is 71.9 Å². The van der Waals surface area contributed by atoms with Crippen molar-refractivity contribution in [1.82, 2.24) is 4.90 Å². The van der Waals surface area contributed by atoms with E-state index < -0.39 is 11.4 Å². The molecule has 0 atom stereocenters. The van der Waals surface area contributed by atoms with Gasteiger partial charge in [0.15, 0.2) is 5.78 Å². The molecular formula is C27H34ClFN2O3. The zero-order valence-corrected chi connectivity index (χ0v) is 21.2. The molecule has 0 radical (unpaired) electrons. The number of halogens is 2. The molecule has 1 N–H and O–H groups in total. The predicted molar refractivity (Wildman–Crippen MR) is 134 cm³/mol. The van der Waals surface area contributed by atoms with Gasteiger partial charge in [0, 0.05) is 26.1 Å². The Balaban J connectivity index is 1.71. The fraction of sp³-hybridized carbons (Fsp3) is 0.481. The Morgan fingerprint density at radius 1 is 1.15 bits per heavy atom. The van der Waals surface area contributed by atoms with Crippen LogP contribution < -0.4 is 5.32 Å². The van der Waals surface area contributed by atoms with Crippen molar-refractivity contribution in [1.29, 1.82) is 0 Å². The zero-order chi connectivity index (χ0) is 24.9. The van der Waals surface area contributed by atoms with Crippen molar-refractivity contribution < 1.29 is 18.7 Å². The number of Topliss-reactive ketones (excluding diaryl/α,β-unsaturated/α-hetero) is 1. The number of nitrogens with one attached hydrogen (secondary N) is 1. The van der Waals surface area contributed by atoms with E-state index in [4.69, 9.17) is 16.3 Å². The maximum absolute atomic E-state index is 14.6. The van der Waals surface area contributed by atoms with Gasteiger partial charge in [-0.05, 0) is 74.9 Å². The van der Waals surface area contributed by atoms with Crippen molar-refractivity contribution in [2.75, 3.05) is 18.4 Å². The lowest BCUT2D eigenvalue weighted by atomic mass is 10.00. The fourth-order valence-electron chi connectivity index (χ4n) is 4.05. The molecule has 3 rings (SSSR count). The molecule has 0 unspecified atom stereocenters. The van der Waals surface area contributed by atoms with Gasteiger partial charge in [-0.25, -0.2) is 9.18 Å². The second-order valence-electron chi connectivity index (χ2n) is 9.72. The van der Waals surface area contributed by atoms with E-state index in [9.17, 15) is 14.0 Å². The molecule has 1 amide bonds. The van der Waals surface area contributed by atoms with Gasteiger partial charge in [0.1, 0.15) is 11.4 Å². The van der Waals surface area contributed by atoms with Crippen LogP contribution in [0.1, 0.15) is 74.0 Å². The number of nitrogens with zero attached hydrogens (tertiary/aromatic N) is 1. The highest BCUT2D eigenvalue weighted by Gasteiger charge is 2.25. The molecule has 0 spiro atoms. The molecule has 0 bridgehead atoms. The third kappa shape index (κ3) is 6.72. The van der Waals surface area contributed by atoms with Gasteiger partial charge in [0.2, 0.25) is 0 Å². The number of hydrogen-bond donors (Lipinski definition) is 1. The summed E-state index contributed by atoms with van der Waals surface area (Å²) in [5.74, 6) is -0.656. The molecule has 0 fully saturated rings. The van der Waals surface area contributed by atoms with Gasteiger partial charge < -0.3 is 15.0 Å². The molecule has 0 aromatic heterocycles. The smallest absolute Gasteiger partial charge is 0.410 e. The first-order valence-electron chi connectivity index (χ1n) is 11.9. The summed E-state index contributed by atoms with van der Waals surface area (Å²) >= 11 is 6.53. The van der Waals surface area contributed by atoms with Crippen LogP contribution in [0.15, 0.2) is 30.3 Å². The van der Waals surface area contributed by atoms with Crippen molar-refractivity contribution >= 4 is 29.2 Å². The monoisotopic (exact) mass is 488 g/mol. The third-order valence-electron chi connectivity index (χ3n) is 5.85. The van der Waals surface area contributed by atoms with Gasteiger partial charge >= 0.3 is 6.09 Å². The molecule has 1 aliphatic rings. The first-order valence-corrected chi connectivity index (χ1v) is 12.3. The van der Waals surface area contributed by atoms with Crippen molar-refractivity contribution in [3.05, 3.63) is 63.4 Å². The van der Waals surface area contributed by atoms with Crippen LogP contribution in [0.25, 0.3) is 0 Å². The molecule has 2 aromatic rings. The lowest BCUT2D eigenvalue weighted by Crippen LogP contribution is -2.38. The minimum absolute atomic E-state index is 0.144. The SMILES string of the molecule is CCCCC(=O)c1ccc(CNc2c(Cl)ccc3c2CCN(C(=O)OC(C)(C)C)CC3)cc1F. The number of rotatable bonds is 7. The molecule has 0 aliphatic carbocycles. The maximum Gasteiger partial charge on any atom is 0.410 e. The fourth-order valence-corrected chi connectivity index (χ4v) is 4.30. The Morgan fingerprint density at radius 2 is 1.88 bits per heavy atom. The van der Waals surface area contributed by atoms with E-state index in [2.05, 4.69) is 5.32 Å². The Morgan fingerprint density at radius 3 is 2.56 bits per heavy atom. The number of ether oxygens (including phenoxy) is 1. The largest absolute Gasteiger partial charge is 0.444 e. The highest BCUT2D eigenvalue weighted by atomic mass is 35.5. The number of anilines is 1. The molecule has 0 saturated carbocycles. The number of hydrogen-bond acceptors (Lipinski definition) is 4. The third-order valence-corrected chi connectivity index (χ3v) is 6.17. The molecule has 7 heteroatoms. The molecule has 34 heavy (non-hydrogen) atoms. The number of carbonyl (C=O) groups excluding carboxylic acids is 2. The summed E-state index contributed by atoms with van der Waals surface area (Å²) in [6, 6.07) is 8.59. The van der Waals surface area contributed by atoms with Crippen molar-refractivity contribution in [3.8, 4) is 0 Å². The predicted octanol–water partition coefficient (Wildman–Crippen LogP) is 6.80. The van der Waals surface area contributed by atoms with E-state index in [0.29, 0.717) is 43.9 Å².